The average molecular weight is 178 g/mol. The lowest BCUT2D eigenvalue weighted by atomic mass is 10.2. The largest absolute Gasteiger partial charge is 0.382 e. The number of hydrogen-bond acceptors (Lipinski definition) is 5. The number of rotatable bonds is 1. The highest BCUT2D eigenvalue weighted by atomic mass is 16.1. The van der Waals surface area contributed by atoms with Crippen molar-refractivity contribution in [3.05, 3.63) is 18.1 Å². The van der Waals surface area contributed by atoms with Gasteiger partial charge in [-0.3, -0.25) is 4.79 Å². The number of fused-ring (bicyclic) bond motifs is 1. The number of nitrogen functional groups attached to an aromatic ring is 1. The summed E-state index contributed by atoms with van der Waals surface area (Å²) in [6.45, 7) is 0. The van der Waals surface area contributed by atoms with Gasteiger partial charge in [0.25, 0.3) is 5.91 Å². The van der Waals surface area contributed by atoms with Crippen LogP contribution in [0.15, 0.2) is 12.5 Å². The van der Waals surface area contributed by atoms with Crippen molar-refractivity contribution in [1.29, 1.82) is 0 Å². The van der Waals surface area contributed by atoms with Crippen molar-refractivity contribution >= 4 is 17.2 Å². The summed E-state index contributed by atoms with van der Waals surface area (Å²) < 4.78 is 1.35. The number of nitrogens with zero attached hydrogens (tertiary/aromatic N) is 4. The van der Waals surface area contributed by atoms with Crippen LogP contribution in [0, 0.1) is 0 Å². The van der Waals surface area contributed by atoms with E-state index in [2.05, 4.69) is 15.3 Å². The van der Waals surface area contributed by atoms with E-state index in [-0.39, 0.29) is 11.4 Å². The minimum Gasteiger partial charge on any atom is -0.382 e. The summed E-state index contributed by atoms with van der Waals surface area (Å²) in [6, 6.07) is 0. The summed E-state index contributed by atoms with van der Waals surface area (Å²) in [4.78, 5) is 10.9. The molecule has 0 bridgehead atoms. The van der Waals surface area contributed by atoms with Crippen molar-refractivity contribution in [3.8, 4) is 0 Å². The third-order valence-corrected chi connectivity index (χ3v) is 1.63. The molecular formula is C6H6N6O. The molecule has 4 N–H and O–H groups in total. The fraction of sp³-hybridized carbons (Fsp3) is 0. The van der Waals surface area contributed by atoms with Crippen molar-refractivity contribution in [2.75, 3.05) is 5.73 Å². The number of hydrogen-bond donors (Lipinski definition) is 2. The quantitative estimate of drug-likeness (QED) is 0.569. The van der Waals surface area contributed by atoms with E-state index < -0.39 is 5.91 Å². The van der Waals surface area contributed by atoms with Crippen LogP contribution in [0.1, 0.15) is 10.4 Å². The standard InChI is InChI=1S/C6H6N6O/c7-5-4(6(8)13)3-1-9-10-2-12(3)11-5/h1-2H,(H2,7,11)(H2,8,13). The van der Waals surface area contributed by atoms with Crippen LogP contribution in [-0.2, 0) is 0 Å². The Morgan fingerprint density at radius 3 is 2.92 bits per heavy atom. The molecule has 0 saturated heterocycles. The minimum atomic E-state index is -0.625. The average Bonchev–Trinajstić information content (AvgIpc) is 2.39. The van der Waals surface area contributed by atoms with E-state index in [4.69, 9.17) is 11.5 Å². The molecule has 0 aliphatic heterocycles. The summed E-state index contributed by atoms with van der Waals surface area (Å²) in [6.07, 6.45) is 2.72. The van der Waals surface area contributed by atoms with Gasteiger partial charge in [-0.15, -0.1) is 10.2 Å². The molecule has 7 nitrogen and oxygen atoms in total. The molecule has 0 unspecified atom stereocenters. The van der Waals surface area contributed by atoms with Crippen molar-refractivity contribution < 1.29 is 4.79 Å². The highest BCUT2D eigenvalue weighted by molar-refractivity contribution is 6.03. The van der Waals surface area contributed by atoms with Crippen LogP contribution in [0.2, 0.25) is 0 Å². The molecule has 13 heavy (non-hydrogen) atoms. The van der Waals surface area contributed by atoms with Gasteiger partial charge in [-0.25, -0.2) is 4.52 Å². The lowest BCUT2D eigenvalue weighted by molar-refractivity contribution is 0.100. The zero-order chi connectivity index (χ0) is 9.42. The lowest BCUT2D eigenvalue weighted by Crippen LogP contribution is -2.12. The normalized spacial score (nSPS) is 10.5. The van der Waals surface area contributed by atoms with Gasteiger partial charge < -0.3 is 11.5 Å². The van der Waals surface area contributed by atoms with Gasteiger partial charge in [0.2, 0.25) is 0 Å². The van der Waals surface area contributed by atoms with Crippen LogP contribution < -0.4 is 11.5 Å². The Morgan fingerprint density at radius 2 is 2.23 bits per heavy atom. The molecule has 0 atom stereocenters. The number of primary amides is 1. The third-order valence-electron chi connectivity index (χ3n) is 1.63. The van der Waals surface area contributed by atoms with Crippen LogP contribution in [0.3, 0.4) is 0 Å². The maximum atomic E-state index is 10.9. The number of aromatic nitrogens is 4. The van der Waals surface area contributed by atoms with Crippen molar-refractivity contribution in [3.63, 3.8) is 0 Å². The number of carbonyl (C=O) groups is 1. The summed E-state index contributed by atoms with van der Waals surface area (Å²) >= 11 is 0. The van der Waals surface area contributed by atoms with Crippen molar-refractivity contribution in [1.82, 2.24) is 19.8 Å². The van der Waals surface area contributed by atoms with E-state index in [0.717, 1.165) is 0 Å². The summed E-state index contributed by atoms with van der Waals surface area (Å²) in [5.74, 6) is -0.539. The second-order valence-electron chi connectivity index (χ2n) is 2.43. The van der Waals surface area contributed by atoms with E-state index >= 15 is 0 Å². The van der Waals surface area contributed by atoms with Gasteiger partial charge >= 0.3 is 0 Å². The van der Waals surface area contributed by atoms with Crippen LogP contribution >= 0.6 is 0 Å². The molecule has 7 heteroatoms. The first kappa shape index (κ1) is 7.47. The van der Waals surface area contributed by atoms with E-state index in [0.29, 0.717) is 5.52 Å². The second kappa shape index (κ2) is 2.41. The number of nitrogens with two attached hydrogens (primary N) is 2. The predicted octanol–water partition coefficient (Wildman–Crippen LogP) is -1.19. The molecule has 0 fully saturated rings. The van der Waals surface area contributed by atoms with Gasteiger partial charge in [-0.2, -0.15) is 5.10 Å². The van der Waals surface area contributed by atoms with Gasteiger partial charge in [0.1, 0.15) is 17.4 Å². The van der Waals surface area contributed by atoms with Crippen molar-refractivity contribution in [2.24, 2.45) is 5.73 Å². The lowest BCUT2D eigenvalue weighted by Gasteiger charge is -1.90. The summed E-state index contributed by atoms with van der Waals surface area (Å²) in [7, 11) is 0. The van der Waals surface area contributed by atoms with Crippen molar-refractivity contribution in [2.45, 2.75) is 0 Å². The molecular weight excluding hydrogens is 172 g/mol. The molecule has 0 spiro atoms. The highest BCUT2D eigenvalue weighted by Crippen LogP contribution is 2.14. The highest BCUT2D eigenvalue weighted by Gasteiger charge is 2.14. The molecule has 2 aromatic heterocycles. The van der Waals surface area contributed by atoms with Gasteiger partial charge in [0.15, 0.2) is 5.82 Å². The zero-order valence-corrected chi connectivity index (χ0v) is 6.51. The first-order chi connectivity index (χ1) is 6.20. The predicted molar refractivity (Wildman–Crippen MR) is 43.7 cm³/mol. The zero-order valence-electron chi connectivity index (χ0n) is 6.51. The molecule has 0 saturated carbocycles. The fourth-order valence-corrected chi connectivity index (χ4v) is 1.10. The fourth-order valence-electron chi connectivity index (χ4n) is 1.10. The molecule has 0 aliphatic carbocycles. The Labute approximate surface area is 72.4 Å². The monoisotopic (exact) mass is 178 g/mol. The molecule has 0 radical (unpaired) electrons. The summed E-state index contributed by atoms with van der Waals surface area (Å²) in [5.41, 5.74) is 11.2. The first-order valence-corrected chi connectivity index (χ1v) is 3.44. The van der Waals surface area contributed by atoms with E-state index in [9.17, 15) is 4.79 Å². The van der Waals surface area contributed by atoms with E-state index in [1.54, 1.807) is 0 Å². The molecule has 0 aromatic carbocycles. The van der Waals surface area contributed by atoms with Gasteiger partial charge in [-0.1, -0.05) is 0 Å². The smallest absolute Gasteiger partial charge is 0.254 e. The third kappa shape index (κ3) is 0.975. The van der Waals surface area contributed by atoms with Crippen LogP contribution in [-0.4, -0.2) is 25.7 Å². The molecule has 1 amide bonds. The van der Waals surface area contributed by atoms with Gasteiger partial charge in [0, 0.05) is 0 Å². The van der Waals surface area contributed by atoms with E-state index in [1.165, 1.54) is 17.0 Å². The number of carbonyl (C=O) groups excluding carboxylic acids is 1. The summed E-state index contributed by atoms with van der Waals surface area (Å²) in [5, 5.41) is 11.0. The maximum absolute atomic E-state index is 10.9. The van der Waals surface area contributed by atoms with E-state index in [1.807, 2.05) is 0 Å². The molecule has 2 rings (SSSR count). The Morgan fingerprint density at radius 1 is 1.46 bits per heavy atom. The molecule has 66 valence electrons. The number of anilines is 1. The Hall–Kier alpha value is -2.18. The Kier molecular flexibility index (Phi) is 1.38. The number of amides is 1. The first-order valence-electron chi connectivity index (χ1n) is 3.44. The SMILES string of the molecule is NC(=O)c1c(N)nn2cnncc12. The Balaban J connectivity index is 2.86. The maximum Gasteiger partial charge on any atom is 0.254 e. The van der Waals surface area contributed by atoms with Gasteiger partial charge in [-0.05, 0) is 0 Å². The second-order valence-corrected chi connectivity index (χ2v) is 2.43. The topological polar surface area (TPSA) is 112 Å². The van der Waals surface area contributed by atoms with Crippen LogP contribution in [0.4, 0.5) is 5.82 Å². The van der Waals surface area contributed by atoms with Crippen LogP contribution in [0.25, 0.3) is 5.52 Å². The molecule has 2 heterocycles. The van der Waals surface area contributed by atoms with Crippen LogP contribution in [0.5, 0.6) is 0 Å². The Bertz CT molecular complexity index is 475. The molecule has 0 aliphatic rings. The molecule has 2 aromatic rings. The van der Waals surface area contributed by atoms with Gasteiger partial charge in [0.05, 0.1) is 6.20 Å². The minimum absolute atomic E-state index is 0.0855.